The van der Waals surface area contributed by atoms with Gasteiger partial charge in [0.2, 0.25) is 0 Å². The van der Waals surface area contributed by atoms with Crippen molar-refractivity contribution < 1.29 is 9.72 Å². The van der Waals surface area contributed by atoms with Crippen molar-refractivity contribution in [2.75, 3.05) is 29.5 Å². The number of amides is 1. The molecule has 0 aliphatic carbocycles. The Kier molecular flexibility index (Phi) is 7.09. The molecule has 2 aromatic carbocycles. The van der Waals surface area contributed by atoms with E-state index in [1.807, 2.05) is 41.8 Å². The summed E-state index contributed by atoms with van der Waals surface area (Å²) < 4.78 is 0. The molecule has 0 unspecified atom stereocenters. The van der Waals surface area contributed by atoms with E-state index in [2.05, 4.69) is 25.9 Å². The molecule has 0 fully saturated rings. The van der Waals surface area contributed by atoms with Crippen LogP contribution in [0.4, 0.5) is 17.1 Å². The number of anilines is 3. The van der Waals surface area contributed by atoms with Crippen molar-refractivity contribution >= 4 is 51.0 Å². The predicted octanol–water partition coefficient (Wildman–Crippen LogP) is 4.88. The van der Waals surface area contributed by atoms with Gasteiger partial charge in [0, 0.05) is 41.5 Å². The van der Waals surface area contributed by atoms with Gasteiger partial charge in [0.15, 0.2) is 5.84 Å². The third-order valence-electron chi connectivity index (χ3n) is 5.06. The molecule has 3 N–H and O–H groups in total. The van der Waals surface area contributed by atoms with Crippen LogP contribution < -0.4 is 16.0 Å². The van der Waals surface area contributed by atoms with Crippen LogP contribution >= 0.6 is 11.3 Å². The van der Waals surface area contributed by atoms with Crippen molar-refractivity contribution in [2.24, 2.45) is 4.99 Å². The van der Waals surface area contributed by atoms with E-state index in [1.165, 1.54) is 18.4 Å². The summed E-state index contributed by atoms with van der Waals surface area (Å²) in [4.78, 5) is 32.0. The van der Waals surface area contributed by atoms with Gasteiger partial charge in [0.1, 0.15) is 4.88 Å². The number of para-hydroxylation sites is 1. The Morgan fingerprint density at radius 3 is 2.53 bits per heavy atom. The number of hydrogen-bond acceptors (Lipinski definition) is 7. The summed E-state index contributed by atoms with van der Waals surface area (Å²) >= 11 is 1.36. The fourth-order valence-electron chi connectivity index (χ4n) is 3.40. The van der Waals surface area contributed by atoms with Crippen LogP contribution in [0.5, 0.6) is 0 Å². The number of nitro groups is 1. The number of nitrogens with one attached hydrogen (secondary N) is 3. The molecular weight excluding hydrogens is 452 g/mol. The number of aliphatic imine (C=N–C) groups is 1. The summed E-state index contributed by atoms with van der Waals surface area (Å²) in [6, 6.07) is 18.7. The first-order chi connectivity index (χ1) is 16.5. The third-order valence-corrected chi connectivity index (χ3v) is 5.97. The van der Waals surface area contributed by atoms with Gasteiger partial charge in [-0.25, -0.2) is 0 Å². The van der Waals surface area contributed by atoms with Crippen molar-refractivity contribution in [3.8, 4) is 0 Å². The fourth-order valence-corrected chi connectivity index (χ4v) is 4.17. The van der Waals surface area contributed by atoms with Gasteiger partial charge in [-0.05, 0) is 53.4 Å². The predicted molar refractivity (Wildman–Crippen MR) is 137 cm³/mol. The Bertz CT molecular complexity index is 1350. The fraction of sp³-hybridized carbons (Fsp3) is 0.125. The molecule has 0 radical (unpaired) electrons. The summed E-state index contributed by atoms with van der Waals surface area (Å²) in [6.07, 6.45) is 1.78. The van der Waals surface area contributed by atoms with Crippen molar-refractivity contribution in [1.82, 2.24) is 4.98 Å². The molecular formula is C24H22N6O3S. The molecule has 2 aromatic heterocycles. The maximum Gasteiger partial charge on any atom is 0.267 e. The molecule has 0 bridgehead atoms. The number of carbonyl (C=O) groups excluding carboxylic acids is 1. The van der Waals surface area contributed by atoms with Crippen LogP contribution in [-0.4, -0.2) is 35.2 Å². The number of thiophene rings is 1. The molecule has 0 aliphatic heterocycles. The third kappa shape index (κ3) is 5.54. The Labute approximate surface area is 199 Å². The number of fused-ring (bicyclic) bond motifs is 1. The molecule has 0 atom stereocenters. The number of nitrogens with zero attached hydrogens (tertiary/aromatic N) is 3. The van der Waals surface area contributed by atoms with E-state index >= 15 is 0 Å². The van der Waals surface area contributed by atoms with Crippen LogP contribution in [0, 0.1) is 10.1 Å². The largest absolute Gasteiger partial charge is 0.380 e. The zero-order valence-electron chi connectivity index (χ0n) is 18.3. The van der Waals surface area contributed by atoms with Gasteiger partial charge in [-0.1, -0.05) is 18.2 Å². The van der Waals surface area contributed by atoms with Crippen LogP contribution in [0.25, 0.3) is 10.9 Å². The van der Waals surface area contributed by atoms with Crippen LogP contribution in [-0.2, 0) is 6.54 Å². The van der Waals surface area contributed by atoms with Gasteiger partial charge in [-0.15, -0.1) is 11.3 Å². The average Bonchev–Trinajstić information content (AvgIpc) is 3.32. The first-order valence-corrected chi connectivity index (χ1v) is 11.3. The Morgan fingerprint density at radius 2 is 1.79 bits per heavy atom. The smallest absolute Gasteiger partial charge is 0.267 e. The van der Waals surface area contributed by atoms with Crippen molar-refractivity contribution in [3.05, 3.63) is 92.8 Å². The van der Waals surface area contributed by atoms with Crippen LogP contribution in [0.2, 0.25) is 0 Å². The number of pyridine rings is 1. The second kappa shape index (κ2) is 10.5. The van der Waals surface area contributed by atoms with Gasteiger partial charge in [0.05, 0.1) is 11.2 Å². The maximum atomic E-state index is 12.9. The van der Waals surface area contributed by atoms with E-state index in [0.29, 0.717) is 22.8 Å². The highest BCUT2D eigenvalue weighted by Gasteiger charge is 2.14. The number of hydrogen-bond donors (Lipinski definition) is 3. The van der Waals surface area contributed by atoms with E-state index in [-0.39, 0.29) is 11.7 Å². The molecule has 4 rings (SSSR count). The topological polar surface area (TPSA) is 122 Å². The molecule has 172 valence electrons. The quantitative estimate of drug-likeness (QED) is 0.145. The molecule has 10 heteroatoms. The molecule has 0 aliphatic rings. The minimum atomic E-state index is -0.451. The lowest BCUT2D eigenvalue weighted by atomic mass is 10.1. The van der Waals surface area contributed by atoms with E-state index < -0.39 is 11.5 Å². The second-order valence-corrected chi connectivity index (χ2v) is 8.24. The number of benzene rings is 2. The SMILES string of the molecule is CN=C(C[N+](=O)[O-])Nc1ccc(NC(=O)c2sccc2NCc2ccnc3ccccc23)cc1. The van der Waals surface area contributed by atoms with E-state index in [0.717, 1.165) is 22.2 Å². The summed E-state index contributed by atoms with van der Waals surface area (Å²) in [5.74, 6) is 0.0278. The second-order valence-electron chi connectivity index (χ2n) is 7.32. The van der Waals surface area contributed by atoms with Gasteiger partial charge in [-0.3, -0.25) is 24.9 Å². The molecule has 34 heavy (non-hydrogen) atoms. The standard InChI is InChI=1S/C24H22N6O3S/c1-25-22(15-30(32)33)28-17-6-8-18(9-7-17)29-24(31)23-21(11-13-34-23)27-14-16-10-12-26-20-5-3-2-4-19(16)20/h2-13,27H,14-15H2,1H3,(H,25,28)(H,29,31). The molecule has 0 saturated heterocycles. The van der Waals surface area contributed by atoms with E-state index in [4.69, 9.17) is 0 Å². The van der Waals surface area contributed by atoms with Crippen LogP contribution in [0.1, 0.15) is 15.2 Å². The number of rotatable bonds is 8. The van der Waals surface area contributed by atoms with Crippen molar-refractivity contribution in [2.45, 2.75) is 6.54 Å². The molecule has 1 amide bonds. The molecule has 0 spiro atoms. The summed E-state index contributed by atoms with van der Waals surface area (Å²) in [5, 5.41) is 22.8. The average molecular weight is 475 g/mol. The van der Waals surface area contributed by atoms with Crippen molar-refractivity contribution in [3.63, 3.8) is 0 Å². The maximum absolute atomic E-state index is 12.9. The van der Waals surface area contributed by atoms with Crippen LogP contribution in [0.3, 0.4) is 0 Å². The first kappa shape index (κ1) is 22.9. The first-order valence-electron chi connectivity index (χ1n) is 10.4. The highest BCUT2D eigenvalue weighted by Crippen LogP contribution is 2.26. The minimum Gasteiger partial charge on any atom is -0.380 e. The lowest BCUT2D eigenvalue weighted by Gasteiger charge is -2.11. The Morgan fingerprint density at radius 1 is 1.06 bits per heavy atom. The summed E-state index contributed by atoms with van der Waals surface area (Å²) in [5.41, 5.74) is 4.03. The number of aromatic nitrogens is 1. The molecule has 9 nitrogen and oxygen atoms in total. The Hall–Kier alpha value is -4.31. The zero-order chi connectivity index (χ0) is 23.9. The van der Waals surface area contributed by atoms with Gasteiger partial charge in [0.25, 0.3) is 12.5 Å². The number of amidine groups is 1. The number of carbonyl (C=O) groups is 1. The van der Waals surface area contributed by atoms with Crippen molar-refractivity contribution in [1.29, 1.82) is 0 Å². The molecule has 2 heterocycles. The highest BCUT2D eigenvalue weighted by molar-refractivity contribution is 7.12. The molecule has 4 aromatic rings. The Balaban J connectivity index is 1.40. The lowest BCUT2D eigenvalue weighted by molar-refractivity contribution is -0.463. The molecule has 0 saturated carbocycles. The zero-order valence-corrected chi connectivity index (χ0v) is 19.1. The van der Waals surface area contributed by atoms with Crippen LogP contribution in [0.15, 0.2) is 77.2 Å². The minimum absolute atomic E-state index is 0.220. The van der Waals surface area contributed by atoms with Gasteiger partial charge in [-0.2, -0.15) is 0 Å². The van der Waals surface area contributed by atoms with Gasteiger partial charge < -0.3 is 16.0 Å². The van der Waals surface area contributed by atoms with E-state index in [9.17, 15) is 14.9 Å². The lowest BCUT2D eigenvalue weighted by Crippen LogP contribution is -2.22. The normalized spacial score (nSPS) is 11.3. The summed E-state index contributed by atoms with van der Waals surface area (Å²) in [7, 11) is 1.49. The van der Waals surface area contributed by atoms with Gasteiger partial charge >= 0.3 is 0 Å². The summed E-state index contributed by atoms with van der Waals surface area (Å²) in [6.45, 7) is 0.171. The van der Waals surface area contributed by atoms with E-state index in [1.54, 1.807) is 30.5 Å². The highest BCUT2D eigenvalue weighted by atomic mass is 32.1. The monoisotopic (exact) mass is 474 g/mol.